The molecule has 86 valence electrons. The van der Waals surface area contributed by atoms with Crippen LogP contribution in [0.2, 0.25) is 0 Å². The molecule has 0 aliphatic heterocycles. The van der Waals surface area contributed by atoms with Gasteiger partial charge in [0.1, 0.15) is 5.82 Å². The van der Waals surface area contributed by atoms with Gasteiger partial charge >= 0.3 is 0 Å². The SMILES string of the molecule is Cc1nn(-c2nc3ccccc3[nH]2)c(N)c1S. The van der Waals surface area contributed by atoms with Crippen molar-refractivity contribution in [3.8, 4) is 5.95 Å². The van der Waals surface area contributed by atoms with Gasteiger partial charge in [0, 0.05) is 0 Å². The van der Waals surface area contributed by atoms with Crippen molar-refractivity contribution in [3.05, 3.63) is 30.0 Å². The van der Waals surface area contributed by atoms with E-state index in [9.17, 15) is 0 Å². The lowest BCUT2D eigenvalue weighted by Gasteiger charge is -1.97. The van der Waals surface area contributed by atoms with Gasteiger partial charge in [0.15, 0.2) is 0 Å². The molecule has 5 nitrogen and oxygen atoms in total. The first-order valence-corrected chi connectivity index (χ1v) is 5.60. The molecule has 0 atom stereocenters. The molecular formula is C11H11N5S. The minimum atomic E-state index is 0.491. The molecule has 3 rings (SSSR count). The van der Waals surface area contributed by atoms with Crippen molar-refractivity contribution in [3.63, 3.8) is 0 Å². The normalized spacial score (nSPS) is 11.2. The molecule has 6 heteroatoms. The Kier molecular flexibility index (Phi) is 2.12. The molecule has 0 aliphatic carbocycles. The fourth-order valence-corrected chi connectivity index (χ4v) is 1.88. The highest BCUT2D eigenvalue weighted by molar-refractivity contribution is 7.80. The molecule has 1 aromatic carbocycles. The summed E-state index contributed by atoms with van der Waals surface area (Å²) in [7, 11) is 0. The van der Waals surface area contributed by atoms with Gasteiger partial charge in [-0.25, -0.2) is 4.98 Å². The summed E-state index contributed by atoms with van der Waals surface area (Å²) in [6.45, 7) is 1.86. The van der Waals surface area contributed by atoms with Gasteiger partial charge in [0.05, 0.1) is 21.6 Å². The summed E-state index contributed by atoms with van der Waals surface area (Å²) in [5, 5.41) is 4.30. The van der Waals surface area contributed by atoms with E-state index in [1.165, 1.54) is 0 Å². The number of thiol groups is 1. The summed E-state index contributed by atoms with van der Waals surface area (Å²) in [6.07, 6.45) is 0. The van der Waals surface area contributed by atoms with E-state index in [0.717, 1.165) is 16.7 Å². The van der Waals surface area contributed by atoms with Gasteiger partial charge in [0.2, 0.25) is 5.95 Å². The van der Waals surface area contributed by atoms with E-state index in [2.05, 4.69) is 27.7 Å². The molecule has 3 aromatic rings. The lowest BCUT2D eigenvalue weighted by atomic mass is 10.3. The minimum Gasteiger partial charge on any atom is -0.383 e. The van der Waals surface area contributed by atoms with Crippen LogP contribution in [-0.2, 0) is 0 Å². The molecule has 0 saturated heterocycles. The van der Waals surface area contributed by atoms with Crippen molar-refractivity contribution >= 4 is 29.5 Å². The number of para-hydroxylation sites is 2. The molecule has 0 saturated carbocycles. The number of aromatic amines is 1. The van der Waals surface area contributed by atoms with Crippen molar-refractivity contribution in [2.24, 2.45) is 0 Å². The molecule has 0 aliphatic rings. The Bertz CT molecular complexity index is 664. The number of rotatable bonds is 1. The molecule has 2 aromatic heterocycles. The Balaban J connectivity index is 2.23. The van der Waals surface area contributed by atoms with Crippen molar-refractivity contribution in [2.75, 3.05) is 5.73 Å². The number of benzene rings is 1. The summed E-state index contributed by atoms with van der Waals surface area (Å²) >= 11 is 4.30. The summed E-state index contributed by atoms with van der Waals surface area (Å²) in [5.41, 5.74) is 8.54. The molecular weight excluding hydrogens is 234 g/mol. The number of hydrogen-bond donors (Lipinski definition) is 3. The highest BCUT2D eigenvalue weighted by atomic mass is 32.1. The number of imidazole rings is 1. The molecule has 0 spiro atoms. The average molecular weight is 245 g/mol. The van der Waals surface area contributed by atoms with E-state index in [0.29, 0.717) is 16.7 Å². The van der Waals surface area contributed by atoms with E-state index in [1.54, 1.807) is 4.68 Å². The molecule has 0 amide bonds. The van der Waals surface area contributed by atoms with Crippen LogP contribution in [0.15, 0.2) is 29.2 Å². The first-order valence-electron chi connectivity index (χ1n) is 5.16. The minimum absolute atomic E-state index is 0.491. The summed E-state index contributed by atoms with van der Waals surface area (Å²) < 4.78 is 1.57. The van der Waals surface area contributed by atoms with Crippen LogP contribution in [0.4, 0.5) is 5.82 Å². The smallest absolute Gasteiger partial charge is 0.231 e. The maximum absolute atomic E-state index is 5.92. The van der Waals surface area contributed by atoms with E-state index in [-0.39, 0.29) is 0 Å². The van der Waals surface area contributed by atoms with Gasteiger partial charge in [-0.05, 0) is 19.1 Å². The van der Waals surface area contributed by atoms with Crippen LogP contribution in [0.25, 0.3) is 17.0 Å². The van der Waals surface area contributed by atoms with Gasteiger partial charge in [-0.15, -0.1) is 12.6 Å². The topological polar surface area (TPSA) is 72.5 Å². The van der Waals surface area contributed by atoms with Crippen LogP contribution in [0.5, 0.6) is 0 Å². The first kappa shape index (κ1) is 10.2. The second kappa shape index (κ2) is 3.53. The fourth-order valence-electron chi connectivity index (χ4n) is 1.74. The lowest BCUT2D eigenvalue weighted by molar-refractivity contribution is 0.825. The van der Waals surface area contributed by atoms with E-state index >= 15 is 0 Å². The lowest BCUT2D eigenvalue weighted by Crippen LogP contribution is -2.03. The molecule has 2 heterocycles. The molecule has 0 unspecified atom stereocenters. The zero-order valence-electron chi connectivity index (χ0n) is 9.18. The fraction of sp³-hybridized carbons (Fsp3) is 0.0909. The number of H-pyrrole nitrogens is 1. The summed E-state index contributed by atoms with van der Waals surface area (Å²) in [6, 6.07) is 7.78. The third kappa shape index (κ3) is 1.49. The molecule has 0 radical (unpaired) electrons. The van der Waals surface area contributed by atoms with Gasteiger partial charge in [0.25, 0.3) is 0 Å². The number of nitrogen functional groups attached to an aromatic ring is 1. The highest BCUT2D eigenvalue weighted by Gasteiger charge is 2.13. The third-order valence-electron chi connectivity index (χ3n) is 2.64. The molecule has 3 N–H and O–H groups in total. The Morgan fingerprint density at radius 2 is 2.12 bits per heavy atom. The molecule has 0 bridgehead atoms. The average Bonchev–Trinajstić information content (AvgIpc) is 2.86. The number of anilines is 1. The van der Waals surface area contributed by atoms with Crippen LogP contribution in [0, 0.1) is 6.92 Å². The predicted molar refractivity (Wildman–Crippen MR) is 69.6 cm³/mol. The monoisotopic (exact) mass is 245 g/mol. The Morgan fingerprint density at radius 1 is 1.35 bits per heavy atom. The standard InChI is InChI=1S/C11H11N5S/c1-6-9(17)10(12)16(15-6)11-13-7-4-2-3-5-8(7)14-11/h2-5,17H,12H2,1H3,(H,13,14). The molecule has 0 fully saturated rings. The first-order chi connectivity index (χ1) is 8.16. The van der Waals surface area contributed by atoms with Crippen molar-refractivity contribution in [1.82, 2.24) is 19.7 Å². The maximum atomic E-state index is 5.92. The quantitative estimate of drug-likeness (QED) is 0.574. The second-order valence-corrected chi connectivity index (χ2v) is 4.26. The van der Waals surface area contributed by atoms with Crippen LogP contribution >= 0.6 is 12.6 Å². The third-order valence-corrected chi connectivity index (χ3v) is 3.19. The zero-order valence-corrected chi connectivity index (χ0v) is 10.1. The second-order valence-electron chi connectivity index (χ2n) is 3.81. The zero-order chi connectivity index (χ0) is 12.0. The van der Waals surface area contributed by atoms with Crippen LogP contribution in [0.3, 0.4) is 0 Å². The number of nitrogens with zero attached hydrogens (tertiary/aromatic N) is 3. The number of aromatic nitrogens is 4. The number of hydrogen-bond acceptors (Lipinski definition) is 4. The van der Waals surface area contributed by atoms with Gasteiger partial charge in [-0.1, -0.05) is 12.1 Å². The molecule has 17 heavy (non-hydrogen) atoms. The van der Waals surface area contributed by atoms with Crippen molar-refractivity contribution < 1.29 is 0 Å². The predicted octanol–water partition coefficient (Wildman–Crippen LogP) is 1.93. The van der Waals surface area contributed by atoms with Crippen LogP contribution < -0.4 is 5.73 Å². The van der Waals surface area contributed by atoms with Crippen LogP contribution in [0.1, 0.15) is 5.69 Å². The van der Waals surface area contributed by atoms with Gasteiger partial charge in [-0.2, -0.15) is 9.78 Å². The number of fused-ring (bicyclic) bond motifs is 1. The number of aryl methyl sites for hydroxylation is 1. The Labute approximate surface area is 103 Å². The van der Waals surface area contributed by atoms with Crippen LogP contribution in [-0.4, -0.2) is 19.7 Å². The Morgan fingerprint density at radius 3 is 2.76 bits per heavy atom. The largest absolute Gasteiger partial charge is 0.383 e. The number of nitrogens with two attached hydrogens (primary N) is 1. The Hall–Kier alpha value is -1.95. The van der Waals surface area contributed by atoms with E-state index < -0.39 is 0 Å². The maximum Gasteiger partial charge on any atom is 0.231 e. The van der Waals surface area contributed by atoms with E-state index in [4.69, 9.17) is 5.73 Å². The summed E-state index contributed by atoms with van der Waals surface area (Å²) in [4.78, 5) is 8.28. The summed E-state index contributed by atoms with van der Waals surface area (Å²) in [5.74, 6) is 1.09. The van der Waals surface area contributed by atoms with Crippen molar-refractivity contribution in [1.29, 1.82) is 0 Å². The van der Waals surface area contributed by atoms with Crippen molar-refractivity contribution in [2.45, 2.75) is 11.8 Å². The highest BCUT2D eigenvalue weighted by Crippen LogP contribution is 2.23. The van der Waals surface area contributed by atoms with Gasteiger partial charge < -0.3 is 10.7 Å². The number of nitrogens with one attached hydrogen (secondary N) is 1. The van der Waals surface area contributed by atoms with E-state index in [1.807, 2.05) is 31.2 Å². The van der Waals surface area contributed by atoms with Gasteiger partial charge in [-0.3, -0.25) is 0 Å².